The maximum Gasteiger partial charge on any atom is 0.220 e. The van der Waals surface area contributed by atoms with Crippen LogP contribution in [0, 0.1) is 0 Å². The van der Waals surface area contributed by atoms with Crippen LogP contribution in [0.2, 0.25) is 0 Å². The lowest BCUT2D eigenvalue weighted by molar-refractivity contribution is -0.106. The van der Waals surface area contributed by atoms with Crippen molar-refractivity contribution in [1.82, 2.24) is 0 Å². The number of carbonyl (C=O) groups excluding carboxylic acids is 1. The predicted octanol–water partition coefficient (Wildman–Crippen LogP) is 0.893. The molecule has 0 heterocycles. The minimum Gasteiger partial charge on any atom is -0.376 e. The second kappa shape index (κ2) is 3.82. The van der Waals surface area contributed by atoms with Gasteiger partial charge in [0, 0.05) is 0 Å². The number of carbonyl (C=O) groups is 1. The highest BCUT2D eigenvalue weighted by atomic mass is 32.1. The normalized spacial score (nSPS) is 9.00. The zero-order valence-corrected chi connectivity index (χ0v) is 7.12. The lowest BCUT2D eigenvalue weighted by Crippen LogP contribution is -2.33. The molecule has 0 spiro atoms. The molecule has 0 aliphatic heterocycles. The van der Waals surface area contributed by atoms with Crippen LogP contribution >= 0.6 is 12.2 Å². The minimum absolute atomic E-state index is 0.0520. The van der Waals surface area contributed by atoms with Gasteiger partial charge in [0.05, 0.1) is 5.69 Å². The molecule has 2 N–H and O–H groups in total. The van der Waals surface area contributed by atoms with Gasteiger partial charge in [0.25, 0.3) is 0 Å². The molecule has 0 fully saturated rings. The lowest BCUT2D eigenvalue weighted by atomic mass is 10.3. The minimum atomic E-state index is 0.0520. The number of nitrogens with zero attached hydrogens (tertiary/aromatic N) is 1. The molecule has 1 aromatic rings. The van der Waals surface area contributed by atoms with Crippen molar-refractivity contribution in [3.05, 3.63) is 30.3 Å². The van der Waals surface area contributed by atoms with Crippen molar-refractivity contribution in [2.24, 2.45) is 5.73 Å². The molecule has 0 atom stereocenters. The Balaban J connectivity index is 2.95. The van der Waals surface area contributed by atoms with Crippen molar-refractivity contribution in [2.45, 2.75) is 0 Å². The summed E-state index contributed by atoms with van der Waals surface area (Å²) in [5.74, 6) is 0. The third kappa shape index (κ3) is 1.79. The second-order valence-electron chi connectivity index (χ2n) is 2.15. The highest BCUT2D eigenvalue weighted by Crippen LogP contribution is 2.10. The molecule has 0 unspecified atom stereocenters. The lowest BCUT2D eigenvalue weighted by Gasteiger charge is -2.13. The Morgan fingerprint density at radius 1 is 1.42 bits per heavy atom. The first-order valence-electron chi connectivity index (χ1n) is 3.34. The summed E-state index contributed by atoms with van der Waals surface area (Å²) in [5.41, 5.74) is 5.99. The van der Waals surface area contributed by atoms with E-state index in [0.717, 1.165) is 0 Å². The molecule has 3 nitrogen and oxygen atoms in total. The smallest absolute Gasteiger partial charge is 0.220 e. The Kier molecular flexibility index (Phi) is 2.76. The SMILES string of the molecule is NC(=S)N(C=O)c1ccccc1. The van der Waals surface area contributed by atoms with Crippen molar-refractivity contribution in [3.8, 4) is 0 Å². The Labute approximate surface area is 75.8 Å². The Morgan fingerprint density at radius 2 is 2.00 bits per heavy atom. The molecule has 62 valence electrons. The van der Waals surface area contributed by atoms with Crippen LogP contribution < -0.4 is 10.6 Å². The molecule has 1 aromatic carbocycles. The monoisotopic (exact) mass is 180 g/mol. The standard InChI is InChI=1S/C8H8N2OS/c9-8(12)10(6-11)7-4-2-1-3-5-7/h1-6H,(H2,9,12). The summed E-state index contributed by atoms with van der Waals surface area (Å²) in [6, 6.07) is 8.99. The summed E-state index contributed by atoms with van der Waals surface area (Å²) in [5, 5.41) is 0.0520. The van der Waals surface area contributed by atoms with Crippen LogP contribution in [0.25, 0.3) is 0 Å². The zero-order chi connectivity index (χ0) is 8.97. The van der Waals surface area contributed by atoms with Crippen LogP contribution in [0.15, 0.2) is 30.3 Å². The van der Waals surface area contributed by atoms with E-state index in [1.165, 1.54) is 4.90 Å². The highest BCUT2D eigenvalue weighted by molar-refractivity contribution is 7.80. The van der Waals surface area contributed by atoms with Crippen LogP contribution in [0.5, 0.6) is 0 Å². The summed E-state index contributed by atoms with van der Waals surface area (Å²) in [7, 11) is 0. The molecule has 0 saturated heterocycles. The van der Waals surface area contributed by atoms with Gasteiger partial charge in [0.2, 0.25) is 6.41 Å². The summed E-state index contributed by atoms with van der Waals surface area (Å²) < 4.78 is 0. The van der Waals surface area contributed by atoms with E-state index in [0.29, 0.717) is 12.1 Å². The first-order valence-corrected chi connectivity index (χ1v) is 3.75. The van der Waals surface area contributed by atoms with Gasteiger partial charge in [-0.05, 0) is 24.4 Å². The maximum atomic E-state index is 10.5. The first kappa shape index (κ1) is 8.67. The first-order chi connectivity index (χ1) is 5.75. The van der Waals surface area contributed by atoms with Crippen molar-refractivity contribution >= 4 is 29.4 Å². The number of benzene rings is 1. The quantitative estimate of drug-likeness (QED) is 0.543. The third-order valence-electron chi connectivity index (χ3n) is 1.38. The number of anilines is 1. The van der Waals surface area contributed by atoms with E-state index in [-0.39, 0.29) is 5.11 Å². The van der Waals surface area contributed by atoms with Crippen molar-refractivity contribution in [3.63, 3.8) is 0 Å². The fourth-order valence-corrected chi connectivity index (χ4v) is 0.977. The molecule has 0 radical (unpaired) electrons. The summed E-state index contributed by atoms with van der Waals surface area (Å²) in [6.45, 7) is 0. The van der Waals surface area contributed by atoms with Gasteiger partial charge in [0.1, 0.15) is 0 Å². The number of hydrogen-bond acceptors (Lipinski definition) is 2. The molecule has 4 heteroatoms. The molecule has 0 aliphatic carbocycles. The Bertz CT molecular complexity index is 286. The van der Waals surface area contributed by atoms with Gasteiger partial charge in [-0.3, -0.25) is 9.69 Å². The molecule has 1 amide bonds. The predicted molar refractivity (Wildman–Crippen MR) is 51.8 cm³/mol. The van der Waals surface area contributed by atoms with E-state index in [9.17, 15) is 4.79 Å². The molecule has 0 aliphatic rings. The Hall–Kier alpha value is -1.42. The van der Waals surface area contributed by atoms with Crippen molar-refractivity contribution in [1.29, 1.82) is 0 Å². The van der Waals surface area contributed by atoms with Crippen LogP contribution in [-0.4, -0.2) is 11.5 Å². The number of amides is 1. The van der Waals surface area contributed by atoms with Crippen LogP contribution in [0.1, 0.15) is 0 Å². The van der Waals surface area contributed by atoms with Crippen LogP contribution in [0.3, 0.4) is 0 Å². The molecular weight excluding hydrogens is 172 g/mol. The van der Waals surface area contributed by atoms with E-state index in [1.807, 2.05) is 18.2 Å². The average molecular weight is 180 g/mol. The number of hydrogen-bond donors (Lipinski definition) is 1. The van der Waals surface area contributed by atoms with Crippen LogP contribution in [0.4, 0.5) is 5.69 Å². The van der Waals surface area contributed by atoms with Gasteiger partial charge in [-0.1, -0.05) is 18.2 Å². The summed E-state index contributed by atoms with van der Waals surface area (Å²) >= 11 is 4.67. The fraction of sp³-hybridized carbons (Fsp3) is 0. The van der Waals surface area contributed by atoms with E-state index >= 15 is 0 Å². The van der Waals surface area contributed by atoms with Crippen molar-refractivity contribution < 1.29 is 4.79 Å². The third-order valence-corrected chi connectivity index (χ3v) is 1.57. The van der Waals surface area contributed by atoms with Crippen LogP contribution in [-0.2, 0) is 4.79 Å². The van der Waals surface area contributed by atoms with E-state index in [1.54, 1.807) is 12.1 Å². The zero-order valence-electron chi connectivity index (χ0n) is 6.31. The summed E-state index contributed by atoms with van der Waals surface area (Å²) in [4.78, 5) is 11.7. The molecular formula is C8H8N2OS. The summed E-state index contributed by atoms with van der Waals surface area (Å²) in [6.07, 6.45) is 0.595. The highest BCUT2D eigenvalue weighted by Gasteiger charge is 2.05. The number of para-hydroxylation sites is 1. The molecule has 12 heavy (non-hydrogen) atoms. The van der Waals surface area contributed by atoms with Gasteiger partial charge >= 0.3 is 0 Å². The van der Waals surface area contributed by atoms with E-state index in [4.69, 9.17) is 5.73 Å². The Morgan fingerprint density at radius 3 is 2.42 bits per heavy atom. The van der Waals surface area contributed by atoms with E-state index < -0.39 is 0 Å². The van der Waals surface area contributed by atoms with Gasteiger partial charge in [-0.25, -0.2) is 0 Å². The molecule has 0 bridgehead atoms. The molecule has 1 rings (SSSR count). The molecule has 0 aromatic heterocycles. The van der Waals surface area contributed by atoms with Crippen molar-refractivity contribution in [2.75, 3.05) is 4.90 Å². The van der Waals surface area contributed by atoms with Gasteiger partial charge in [-0.2, -0.15) is 0 Å². The second-order valence-corrected chi connectivity index (χ2v) is 2.57. The largest absolute Gasteiger partial charge is 0.376 e. The van der Waals surface area contributed by atoms with Gasteiger partial charge in [0.15, 0.2) is 5.11 Å². The van der Waals surface area contributed by atoms with Gasteiger partial charge < -0.3 is 5.73 Å². The maximum absolute atomic E-state index is 10.5. The number of rotatable bonds is 2. The molecule has 0 saturated carbocycles. The number of thiocarbonyl (C=S) groups is 1. The van der Waals surface area contributed by atoms with E-state index in [2.05, 4.69) is 12.2 Å². The number of nitrogens with two attached hydrogens (primary N) is 1. The average Bonchev–Trinajstić information content (AvgIpc) is 2.07. The van der Waals surface area contributed by atoms with Gasteiger partial charge in [-0.15, -0.1) is 0 Å². The fourth-order valence-electron chi connectivity index (χ4n) is 0.829. The topological polar surface area (TPSA) is 46.3 Å².